The number of anilines is 1. The molecule has 5 rings (SSSR count). The van der Waals surface area contributed by atoms with Crippen molar-refractivity contribution in [3.05, 3.63) is 101 Å². The summed E-state index contributed by atoms with van der Waals surface area (Å²) in [5.41, 5.74) is 6.21. The number of aromatic nitrogens is 2. The van der Waals surface area contributed by atoms with Crippen molar-refractivity contribution in [1.82, 2.24) is 9.55 Å². The number of nitrogens with one attached hydrogen (secondary N) is 1. The molecule has 0 unspecified atom stereocenters. The lowest BCUT2D eigenvalue weighted by Crippen LogP contribution is -2.29. The SMILES string of the molecule is CCOC(=O)C1=C(c2ccccc2)Nc2nc3ccccc3n2[C@@H]1c1cccc(C)c1. The number of carbonyl (C=O) groups excluding carboxylic acids is 1. The van der Waals surface area contributed by atoms with Crippen molar-refractivity contribution in [3.8, 4) is 0 Å². The summed E-state index contributed by atoms with van der Waals surface area (Å²) in [5.74, 6) is 0.378. The van der Waals surface area contributed by atoms with Crippen LogP contribution in [0.15, 0.2) is 84.4 Å². The van der Waals surface area contributed by atoms with Gasteiger partial charge >= 0.3 is 5.97 Å². The van der Waals surface area contributed by atoms with Crippen molar-refractivity contribution in [2.75, 3.05) is 11.9 Å². The Labute approximate surface area is 181 Å². The van der Waals surface area contributed by atoms with Crippen LogP contribution in [0, 0.1) is 6.92 Å². The predicted octanol–water partition coefficient (Wildman–Crippen LogP) is 5.33. The second kappa shape index (κ2) is 7.76. The van der Waals surface area contributed by atoms with Gasteiger partial charge in [-0.05, 0) is 37.1 Å². The number of hydrogen-bond acceptors (Lipinski definition) is 4. The molecular formula is C26H23N3O2. The summed E-state index contributed by atoms with van der Waals surface area (Å²) >= 11 is 0. The maximum absolute atomic E-state index is 13.4. The van der Waals surface area contributed by atoms with Gasteiger partial charge in [-0.15, -0.1) is 0 Å². The van der Waals surface area contributed by atoms with Gasteiger partial charge in [-0.2, -0.15) is 0 Å². The van der Waals surface area contributed by atoms with Gasteiger partial charge in [0, 0.05) is 0 Å². The fourth-order valence-corrected chi connectivity index (χ4v) is 4.25. The molecule has 1 atom stereocenters. The molecular weight excluding hydrogens is 386 g/mol. The van der Waals surface area contributed by atoms with E-state index >= 15 is 0 Å². The van der Waals surface area contributed by atoms with E-state index in [1.165, 1.54) is 0 Å². The van der Waals surface area contributed by atoms with Crippen LogP contribution >= 0.6 is 0 Å². The average Bonchev–Trinajstić information content (AvgIpc) is 3.17. The summed E-state index contributed by atoms with van der Waals surface area (Å²) in [5, 5.41) is 3.44. The summed E-state index contributed by atoms with van der Waals surface area (Å²) < 4.78 is 7.65. The van der Waals surface area contributed by atoms with Gasteiger partial charge in [0.25, 0.3) is 0 Å². The monoisotopic (exact) mass is 409 g/mol. The number of imidazole rings is 1. The van der Waals surface area contributed by atoms with Crippen molar-refractivity contribution in [2.24, 2.45) is 0 Å². The quantitative estimate of drug-likeness (QED) is 0.463. The molecule has 3 aromatic carbocycles. The molecule has 0 amide bonds. The second-order valence-electron chi connectivity index (χ2n) is 7.61. The molecule has 0 fully saturated rings. The topological polar surface area (TPSA) is 56.1 Å². The van der Waals surface area contributed by atoms with Crippen molar-refractivity contribution in [3.63, 3.8) is 0 Å². The Morgan fingerprint density at radius 3 is 2.58 bits per heavy atom. The zero-order valence-electron chi connectivity index (χ0n) is 17.5. The largest absolute Gasteiger partial charge is 0.463 e. The second-order valence-corrected chi connectivity index (χ2v) is 7.61. The Morgan fingerprint density at radius 1 is 1.03 bits per heavy atom. The van der Waals surface area contributed by atoms with Crippen LogP contribution in [-0.2, 0) is 9.53 Å². The highest BCUT2D eigenvalue weighted by molar-refractivity contribution is 6.03. The summed E-state index contributed by atoms with van der Waals surface area (Å²) in [6.07, 6.45) is 0. The van der Waals surface area contributed by atoms with Crippen LogP contribution in [0.25, 0.3) is 16.7 Å². The van der Waals surface area contributed by atoms with E-state index in [0.29, 0.717) is 18.1 Å². The maximum Gasteiger partial charge on any atom is 0.338 e. The highest BCUT2D eigenvalue weighted by atomic mass is 16.5. The fraction of sp³-hybridized carbons (Fsp3) is 0.154. The lowest BCUT2D eigenvalue weighted by molar-refractivity contribution is -0.138. The molecule has 4 aromatic rings. The molecule has 0 saturated heterocycles. The molecule has 0 aliphatic carbocycles. The molecule has 1 N–H and O–H groups in total. The van der Waals surface area contributed by atoms with E-state index in [-0.39, 0.29) is 12.0 Å². The highest BCUT2D eigenvalue weighted by Crippen LogP contribution is 2.42. The van der Waals surface area contributed by atoms with Gasteiger partial charge in [0.2, 0.25) is 5.95 Å². The Morgan fingerprint density at radius 2 is 1.81 bits per heavy atom. The normalized spacial score (nSPS) is 15.5. The fourth-order valence-electron chi connectivity index (χ4n) is 4.25. The minimum Gasteiger partial charge on any atom is -0.463 e. The molecule has 5 nitrogen and oxygen atoms in total. The van der Waals surface area contributed by atoms with Crippen LogP contribution < -0.4 is 5.32 Å². The molecule has 1 aliphatic rings. The summed E-state index contributed by atoms with van der Waals surface area (Å²) in [4.78, 5) is 18.2. The van der Waals surface area contributed by atoms with E-state index in [1.54, 1.807) is 0 Å². The molecule has 0 saturated carbocycles. The molecule has 5 heteroatoms. The van der Waals surface area contributed by atoms with Crippen LogP contribution in [0.1, 0.15) is 29.7 Å². The van der Waals surface area contributed by atoms with Crippen LogP contribution in [0.4, 0.5) is 5.95 Å². The van der Waals surface area contributed by atoms with E-state index in [2.05, 4.69) is 35.0 Å². The van der Waals surface area contributed by atoms with Crippen molar-refractivity contribution in [2.45, 2.75) is 19.9 Å². The Bertz CT molecular complexity index is 1300. The smallest absolute Gasteiger partial charge is 0.338 e. The number of para-hydroxylation sites is 2. The minimum atomic E-state index is -0.363. The number of esters is 1. The van der Waals surface area contributed by atoms with E-state index < -0.39 is 0 Å². The average molecular weight is 409 g/mol. The van der Waals surface area contributed by atoms with Gasteiger partial charge in [0.1, 0.15) is 0 Å². The first-order chi connectivity index (χ1) is 15.2. The van der Waals surface area contributed by atoms with E-state index in [9.17, 15) is 4.79 Å². The molecule has 154 valence electrons. The van der Waals surface area contributed by atoms with Crippen molar-refractivity contribution >= 4 is 28.6 Å². The van der Waals surface area contributed by atoms with Gasteiger partial charge < -0.3 is 10.1 Å². The zero-order valence-corrected chi connectivity index (χ0v) is 17.5. The number of ether oxygens (including phenoxy) is 1. The first-order valence-corrected chi connectivity index (χ1v) is 10.4. The van der Waals surface area contributed by atoms with Crippen molar-refractivity contribution < 1.29 is 9.53 Å². The lowest BCUT2D eigenvalue weighted by atomic mass is 9.91. The molecule has 1 aliphatic heterocycles. The molecule has 1 aromatic heterocycles. The Kier molecular flexibility index (Phi) is 4.79. The zero-order chi connectivity index (χ0) is 21.4. The third kappa shape index (κ3) is 3.28. The Balaban J connectivity index is 1.84. The molecule has 0 bridgehead atoms. The van der Waals surface area contributed by atoms with Gasteiger partial charge in [-0.1, -0.05) is 72.3 Å². The summed E-state index contributed by atoms with van der Waals surface area (Å²) in [6.45, 7) is 4.20. The highest BCUT2D eigenvalue weighted by Gasteiger charge is 2.36. The predicted molar refractivity (Wildman–Crippen MR) is 123 cm³/mol. The van der Waals surface area contributed by atoms with Crippen LogP contribution in [-0.4, -0.2) is 22.1 Å². The van der Waals surface area contributed by atoms with E-state index in [0.717, 1.165) is 33.4 Å². The van der Waals surface area contributed by atoms with E-state index in [4.69, 9.17) is 9.72 Å². The van der Waals surface area contributed by atoms with E-state index in [1.807, 2.05) is 67.6 Å². The van der Waals surface area contributed by atoms with Gasteiger partial charge in [0.15, 0.2) is 0 Å². The minimum absolute atomic E-state index is 0.308. The third-order valence-electron chi connectivity index (χ3n) is 5.55. The molecule has 2 heterocycles. The molecule has 0 radical (unpaired) electrons. The number of carbonyl (C=O) groups is 1. The van der Waals surface area contributed by atoms with Gasteiger partial charge in [-0.25, -0.2) is 9.78 Å². The van der Waals surface area contributed by atoms with Crippen molar-refractivity contribution in [1.29, 1.82) is 0 Å². The van der Waals surface area contributed by atoms with Crippen LogP contribution in [0.2, 0.25) is 0 Å². The third-order valence-corrected chi connectivity index (χ3v) is 5.55. The molecule has 31 heavy (non-hydrogen) atoms. The summed E-state index contributed by atoms with van der Waals surface area (Å²) in [7, 11) is 0. The number of benzene rings is 3. The number of fused-ring (bicyclic) bond motifs is 3. The first-order valence-electron chi connectivity index (χ1n) is 10.4. The number of hydrogen-bond donors (Lipinski definition) is 1. The standard InChI is InChI=1S/C26H23N3O2/c1-3-31-25(30)22-23(18-11-5-4-6-12-18)28-26-27-20-14-7-8-15-21(20)29(26)24(22)19-13-9-10-17(2)16-19/h4-16,24H,3H2,1-2H3,(H,27,28)/t24-/m1/s1. The summed E-state index contributed by atoms with van der Waals surface area (Å²) in [6, 6.07) is 25.8. The number of aryl methyl sites for hydroxylation is 1. The molecule has 0 spiro atoms. The van der Waals surface area contributed by atoms with Gasteiger partial charge in [0.05, 0.1) is 35.0 Å². The first kappa shape index (κ1) is 19.1. The number of nitrogens with zero attached hydrogens (tertiary/aromatic N) is 2. The maximum atomic E-state index is 13.4. The van der Waals surface area contributed by atoms with Crippen LogP contribution in [0.3, 0.4) is 0 Å². The van der Waals surface area contributed by atoms with Gasteiger partial charge in [-0.3, -0.25) is 4.57 Å². The number of rotatable bonds is 4. The Hall–Kier alpha value is -3.86. The van der Waals surface area contributed by atoms with Crippen LogP contribution in [0.5, 0.6) is 0 Å². The lowest BCUT2D eigenvalue weighted by Gasteiger charge is -2.31.